The molecule has 4 saturated heterocycles. The zero-order valence-corrected chi connectivity index (χ0v) is 72.8. The lowest BCUT2D eigenvalue weighted by molar-refractivity contribution is -0.139. The van der Waals surface area contributed by atoms with Gasteiger partial charge in [0, 0.05) is 168 Å². The molecule has 20 rings (SSSR count). The molecule has 38 heteroatoms. The van der Waals surface area contributed by atoms with Crippen LogP contribution >= 0.6 is 0 Å². The van der Waals surface area contributed by atoms with Gasteiger partial charge in [-0.1, -0.05) is 72.8 Å². The molecule has 12 heterocycles. The summed E-state index contributed by atoms with van der Waals surface area (Å²) < 4.78 is 200. The molecule has 4 N–H and O–H groups in total. The summed E-state index contributed by atoms with van der Waals surface area (Å²) in [6.45, 7) is 9.93. The van der Waals surface area contributed by atoms with Gasteiger partial charge in [0.25, 0.3) is 23.6 Å². The van der Waals surface area contributed by atoms with Crippen LogP contribution in [0.3, 0.4) is 0 Å². The highest BCUT2D eigenvalue weighted by molar-refractivity contribution is 7.97. The van der Waals surface area contributed by atoms with Crippen molar-refractivity contribution < 1.29 is 89.3 Å². The Morgan fingerprint density at radius 3 is 0.930 bits per heavy atom. The number of H-pyrrole nitrogens is 4. The number of halogens is 12. The third kappa shape index (κ3) is 18.3. The summed E-state index contributed by atoms with van der Waals surface area (Å²) >= 11 is 0. The van der Waals surface area contributed by atoms with E-state index in [4.69, 9.17) is 0 Å². The second-order valence-electron chi connectivity index (χ2n) is 37.1. The summed E-state index contributed by atoms with van der Waals surface area (Å²) in [6.07, 6.45) is -6.94. The molecule has 0 radical (unpaired) electrons. The Hall–Kier alpha value is -9.92. The predicted molar refractivity (Wildman–Crippen MR) is 449 cm³/mol. The van der Waals surface area contributed by atoms with Gasteiger partial charge < -0.3 is 29.4 Å². The van der Waals surface area contributed by atoms with Crippen LogP contribution in [0.1, 0.15) is 213 Å². The van der Waals surface area contributed by atoms with Gasteiger partial charge in [-0.2, -0.15) is 77.4 Å². The number of hydrogen-bond donors (Lipinski definition) is 4. The van der Waals surface area contributed by atoms with Crippen LogP contribution in [0.25, 0.3) is 0 Å². The van der Waals surface area contributed by atoms with Gasteiger partial charge in [0.15, 0.2) is 22.8 Å². The summed E-state index contributed by atoms with van der Waals surface area (Å²) in [5.41, 5.74) is 7.69. The van der Waals surface area contributed by atoms with E-state index in [1.807, 2.05) is 11.9 Å². The number of likely N-dealkylation sites (N-methyl/N-ethyl adjacent to an activating group) is 1. The minimum atomic E-state index is -4.37. The third-order valence-corrected chi connectivity index (χ3v) is 31.8. The highest BCUT2D eigenvalue weighted by Crippen LogP contribution is 2.55. The van der Waals surface area contributed by atoms with E-state index in [0.29, 0.717) is 206 Å². The molecule has 686 valence electrons. The molecule has 8 aromatic rings. The van der Waals surface area contributed by atoms with E-state index in [1.165, 1.54) is 41.6 Å². The SMILES string of the molecule is C=S(C)(=O)N1CCc2[nH]nc(C(=O)N3C[C@H]4CC(c5ccccc5C(F)(F)F)C[C@H]4C3)c2C1.CC(=O)N1CCc2[nH]nc(C(=O)N3C[C@H]4CC(c5ccccc5C(F)(F)F)C[C@H]4C3)c2C1.CN1CCc2c(C(=O)N3C[C@H]4CC(c5ccccc5C(F)(F)F)C[C@H]4C3)n[nH]c2C1.CS(=O)(=O)N1CCc2c(C(=O)N3C[C@H]4CC(c5ccccc5C(F)(F)F)C[C@H]4C3)n[nH]c2C1. The quantitative estimate of drug-likeness (QED) is 0.0733. The number of rotatable bonds is 10. The van der Waals surface area contributed by atoms with E-state index in [1.54, 1.807) is 78.7 Å². The van der Waals surface area contributed by atoms with Crippen LogP contribution in [-0.4, -0.2) is 225 Å². The number of fused-ring (bicyclic) bond motifs is 8. The molecular weight excluding hydrogens is 1730 g/mol. The van der Waals surface area contributed by atoms with Crippen molar-refractivity contribution in [3.63, 3.8) is 0 Å². The summed E-state index contributed by atoms with van der Waals surface area (Å²) in [5, 5.41) is 28.8. The van der Waals surface area contributed by atoms with E-state index in [2.05, 4.69) is 51.6 Å². The van der Waals surface area contributed by atoms with Crippen molar-refractivity contribution in [2.24, 2.45) is 47.3 Å². The maximum absolute atomic E-state index is 13.5. The molecule has 4 aromatic heterocycles. The summed E-state index contributed by atoms with van der Waals surface area (Å²) in [7, 11) is -3.66. The van der Waals surface area contributed by atoms with Gasteiger partial charge in [0.05, 0.1) is 46.4 Å². The fourth-order valence-electron chi connectivity index (χ4n) is 22.8. The maximum atomic E-state index is 13.5. The summed E-state index contributed by atoms with van der Waals surface area (Å²) in [5.74, 6) is 4.20. The van der Waals surface area contributed by atoms with E-state index in [9.17, 15) is 89.3 Å². The second-order valence-corrected chi connectivity index (χ2v) is 41.6. The number of nitrogens with zero attached hydrogens (tertiary/aromatic N) is 12. The fraction of sp³-hybridized carbons (Fsp3) is 0.533. The number of amides is 5. The first kappa shape index (κ1) is 90.0. The van der Waals surface area contributed by atoms with Crippen molar-refractivity contribution >= 4 is 55.1 Å². The van der Waals surface area contributed by atoms with Crippen LogP contribution in [0.5, 0.6) is 0 Å². The Balaban J connectivity index is 0.000000120. The van der Waals surface area contributed by atoms with Crippen LogP contribution in [0.2, 0.25) is 0 Å². The zero-order chi connectivity index (χ0) is 90.8. The highest BCUT2D eigenvalue weighted by Gasteiger charge is 2.52. The first-order valence-electron chi connectivity index (χ1n) is 43.6. The average Bonchev–Trinajstić information content (AvgIpc) is 1.62. The minimum absolute atomic E-state index is 0.0314. The summed E-state index contributed by atoms with van der Waals surface area (Å²) in [4.78, 5) is 75.6. The molecule has 4 saturated carbocycles. The fourth-order valence-corrected chi connectivity index (χ4v) is 24.5. The van der Waals surface area contributed by atoms with Crippen LogP contribution < -0.4 is 0 Å². The molecule has 8 fully saturated rings. The number of benzene rings is 4. The van der Waals surface area contributed by atoms with Gasteiger partial charge in [-0.3, -0.25) is 48.6 Å². The number of hydrogen-bond acceptors (Lipinski definition) is 13. The lowest BCUT2D eigenvalue weighted by atomic mass is 9.91. The van der Waals surface area contributed by atoms with E-state index in [-0.39, 0.29) is 107 Å². The highest BCUT2D eigenvalue weighted by atomic mass is 32.2. The van der Waals surface area contributed by atoms with Gasteiger partial charge in [-0.15, -0.1) is 0 Å². The van der Waals surface area contributed by atoms with E-state index < -0.39 is 66.7 Å². The predicted octanol–water partition coefficient (Wildman–Crippen LogP) is 13.6. The Bertz CT molecular complexity index is 5750. The number of aromatic nitrogens is 8. The van der Waals surface area contributed by atoms with Crippen LogP contribution in [-0.2, 0) is 101 Å². The van der Waals surface area contributed by atoms with Crippen molar-refractivity contribution in [3.05, 3.63) is 209 Å². The number of likely N-dealkylation sites (tertiary alicyclic amines) is 4. The molecule has 5 unspecified atom stereocenters. The maximum Gasteiger partial charge on any atom is 0.416 e. The Kier molecular flexibility index (Phi) is 24.4. The molecule has 0 bridgehead atoms. The van der Waals surface area contributed by atoms with E-state index >= 15 is 0 Å². The zero-order valence-electron chi connectivity index (χ0n) is 71.2. The van der Waals surface area contributed by atoms with Gasteiger partial charge >= 0.3 is 24.7 Å². The van der Waals surface area contributed by atoms with Crippen molar-refractivity contribution in [2.45, 2.75) is 159 Å². The van der Waals surface area contributed by atoms with Crippen molar-refractivity contribution in [3.8, 4) is 0 Å². The molecule has 4 aliphatic carbocycles. The minimum Gasteiger partial charge on any atom is -0.338 e. The average molecular weight is 1830 g/mol. The second kappa shape index (κ2) is 34.7. The number of carbonyl (C=O) groups is 5. The van der Waals surface area contributed by atoms with Gasteiger partial charge in [0.2, 0.25) is 15.9 Å². The lowest BCUT2D eigenvalue weighted by Crippen LogP contribution is -2.36. The molecule has 8 aliphatic heterocycles. The van der Waals surface area contributed by atoms with Gasteiger partial charge in [0.1, 0.15) is 0 Å². The molecule has 128 heavy (non-hydrogen) atoms. The van der Waals surface area contributed by atoms with Crippen LogP contribution in [0.4, 0.5) is 52.7 Å². The van der Waals surface area contributed by atoms with Crippen molar-refractivity contribution in [2.75, 3.05) is 98.1 Å². The van der Waals surface area contributed by atoms with Gasteiger partial charge in [-0.25, -0.2) is 12.7 Å². The monoisotopic (exact) mass is 1830 g/mol. The summed E-state index contributed by atoms with van der Waals surface area (Å²) in [6, 6.07) is 23.4. The topological polar surface area (TPSA) is 277 Å². The first-order chi connectivity index (χ1) is 60.6. The number of nitrogens with one attached hydrogen (secondary N) is 4. The first-order valence-corrected chi connectivity index (χ1v) is 47.5. The Morgan fingerprint density at radius 1 is 0.352 bits per heavy atom. The Labute approximate surface area is 732 Å². The number of alkyl halides is 12. The molecule has 12 aliphatic rings. The standard InChI is InChI=1S/C23H27F3N4O2S.C23H25F3N4O2.C22H25F3N4O3S.C22H25F3N4O/c1-33(2,32)30-8-7-20-18(13-30)21(28-27-20)22(31)29-11-15-9-14(10-16(15)12-29)17-5-3-4-6-19(17)23(24,25)26;1-13(31)29-7-6-20-18(12-29)21(28-27-20)22(32)30-10-15-8-14(9-16(15)11-30)17-4-2-3-5-19(17)23(24,25)26;1-33(31,32)29-7-6-17-19(12-29)26-27-20(17)21(30)28-10-14-8-13(9-15(14)11-28)16-4-2-3-5-18(16)22(23,24)25;1-28-7-6-17-19(12-28)26-27-20(17)21(30)29-10-14-8-13(9-15(14)11-29)16-4-2-3-5-18(16)22(23,24)25/h3-6,14-16H,1,7-13H2,2H3,(H,27,28);2-5,14-16H,6-12H2,1H3,(H,27,28);2-5,13-15H,6-12H2,1H3,(H,26,27);2-5,13-15H,6-12H2,1H3,(H,26,27)/t14?,15-,16+,33?;14?,15-,16+;2*13?,14-,15+. The molecule has 13 atom stereocenters. The smallest absolute Gasteiger partial charge is 0.338 e. The lowest BCUT2D eigenvalue weighted by Gasteiger charge is -2.28. The van der Waals surface area contributed by atoms with Crippen LogP contribution in [0.15, 0.2) is 97.1 Å². The molecule has 24 nitrogen and oxygen atoms in total. The molecule has 0 spiro atoms. The molecule has 5 amide bonds. The molecule has 4 aromatic carbocycles. The normalized spacial score (nSPS) is 26.2. The third-order valence-electron chi connectivity index (χ3n) is 29.1. The number of sulfonamides is 1. The van der Waals surface area contributed by atoms with Crippen molar-refractivity contribution in [1.82, 2.24) is 78.8 Å². The van der Waals surface area contributed by atoms with E-state index in [0.717, 1.165) is 83.3 Å². The Morgan fingerprint density at radius 2 is 0.625 bits per heavy atom. The van der Waals surface area contributed by atoms with Crippen molar-refractivity contribution in [1.29, 1.82) is 0 Å². The number of carbonyl (C=O) groups excluding carboxylic acids is 5. The van der Waals surface area contributed by atoms with Crippen LogP contribution in [0, 0.1) is 47.3 Å². The molecular formula is C90H102F12N16O8S2. The number of aromatic amines is 4. The van der Waals surface area contributed by atoms with Gasteiger partial charge in [-0.05, 0) is 195 Å². The largest absolute Gasteiger partial charge is 0.416 e.